The molecule has 106 valence electrons. The number of benzene rings is 1. The molecule has 20 heavy (non-hydrogen) atoms. The first-order chi connectivity index (χ1) is 9.60. The van der Waals surface area contributed by atoms with E-state index >= 15 is 0 Å². The van der Waals surface area contributed by atoms with Gasteiger partial charge in [0, 0.05) is 12.8 Å². The van der Waals surface area contributed by atoms with Crippen LogP contribution in [0.4, 0.5) is 0 Å². The van der Waals surface area contributed by atoms with Gasteiger partial charge < -0.3 is 11.1 Å². The second kappa shape index (κ2) is 6.02. The number of rotatable bonds is 6. The second-order valence-corrected chi connectivity index (χ2v) is 5.20. The van der Waals surface area contributed by atoms with Crippen molar-refractivity contribution < 1.29 is 4.79 Å². The molecule has 1 atom stereocenters. The van der Waals surface area contributed by atoms with Crippen molar-refractivity contribution in [2.45, 2.75) is 10.7 Å². The maximum Gasteiger partial charge on any atom is 0.243 e. The molecule has 8 heteroatoms. The summed E-state index contributed by atoms with van der Waals surface area (Å²) in [6.07, 6.45) is 0. The molecule has 0 fully saturated rings. The molecule has 0 spiro atoms. The molecule has 2 aromatic rings. The van der Waals surface area contributed by atoms with Crippen molar-refractivity contribution in [3.8, 4) is 0 Å². The van der Waals surface area contributed by atoms with Crippen molar-refractivity contribution in [3.63, 3.8) is 0 Å². The second-order valence-electron chi connectivity index (χ2n) is 4.26. The third kappa shape index (κ3) is 2.66. The number of hydrogen-bond donors (Lipinski definition) is 2. The predicted molar refractivity (Wildman–Crippen MR) is 75.9 cm³/mol. The third-order valence-electron chi connectivity index (χ3n) is 3.11. The van der Waals surface area contributed by atoms with Gasteiger partial charge in [-0.15, -0.1) is 5.10 Å². The van der Waals surface area contributed by atoms with Crippen LogP contribution >= 0.6 is 11.8 Å². The molecule has 1 unspecified atom stereocenters. The first kappa shape index (κ1) is 14.5. The Morgan fingerprint density at radius 2 is 2.15 bits per heavy atom. The van der Waals surface area contributed by atoms with Crippen LogP contribution in [-0.2, 0) is 17.4 Å². The average Bonchev–Trinajstić information content (AvgIpc) is 2.86. The van der Waals surface area contributed by atoms with Crippen molar-refractivity contribution in [2.75, 3.05) is 12.8 Å². The molecule has 0 radical (unpaired) electrons. The summed E-state index contributed by atoms with van der Waals surface area (Å²) < 4.78 is 1.55. The SMILES string of the molecule is CNC(CSc1nnnn1C)(C(N)=O)c1ccccc1. The number of hydrogen-bond acceptors (Lipinski definition) is 6. The van der Waals surface area contributed by atoms with Gasteiger partial charge in [-0.1, -0.05) is 42.1 Å². The number of carbonyl (C=O) groups excluding carboxylic acids is 1. The highest BCUT2D eigenvalue weighted by Gasteiger charge is 2.37. The number of tetrazole rings is 1. The molecule has 0 bridgehead atoms. The third-order valence-corrected chi connectivity index (χ3v) is 4.29. The molecule has 0 saturated carbocycles. The predicted octanol–water partition coefficient (Wildman–Crippen LogP) is -0.0976. The number of nitrogens with one attached hydrogen (secondary N) is 1. The molecule has 0 aliphatic heterocycles. The van der Waals surface area contributed by atoms with Gasteiger partial charge in [-0.05, 0) is 23.0 Å². The lowest BCUT2D eigenvalue weighted by Crippen LogP contribution is -2.53. The molecule has 2 rings (SSSR count). The number of primary amides is 1. The van der Waals surface area contributed by atoms with E-state index < -0.39 is 11.4 Å². The minimum absolute atomic E-state index is 0.400. The van der Waals surface area contributed by atoms with Crippen LogP contribution in [0.15, 0.2) is 35.5 Å². The summed E-state index contributed by atoms with van der Waals surface area (Å²) in [5.74, 6) is -0.0364. The number of aryl methyl sites for hydroxylation is 1. The van der Waals surface area contributed by atoms with Crippen LogP contribution in [-0.4, -0.2) is 38.9 Å². The van der Waals surface area contributed by atoms with E-state index in [0.717, 1.165) is 5.56 Å². The van der Waals surface area contributed by atoms with Crippen molar-refractivity contribution in [2.24, 2.45) is 12.8 Å². The highest BCUT2D eigenvalue weighted by atomic mass is 32.2. The van der Waals surface area contributed by atoms with Crippen LogP contribution in [0.3, 0.4) is 0 Å². The van der Waals surface area contributed by atoms with E-state index in [1.54, 1.807) is 18.8 Å². The maximum absolute atomic E-state index is 12.0. The molecule has 0 aliphatic carbocycles. The van der Waals surface area contributed by atoms with Gasteiger partial charge in [-0.25, -0.2) is 4.68 Å². The van der Waals surface area contributed by atoms with Crippen molar-refractivity contribution >= 4 is 17.7 Å². The van der Waals surface area contributed by atoms with E-state index in [-0.39, 0.29) is 0 Å². The summed E-state index contributed by atoms with van der Waals surface area (Å²) in [4.78, 5) is 12.0. The number of thioether (sulfide) groups is 1. The van der Waals surface area contributed by atoms with E-state index in [0.29, 0.717) is 10.9 Å². The Morgan fingerprint density at radius 1 is 1.45 bits per heavy atom. The summed E-state index contributed by atoms with van der Waals surface area (Å²) in [5, 5.41) is 14.9. The van der Waals surface area contributed by atoms with E-state index in [2.05, 4.69) is 20.8 Å². The first-order valence-corrected chi connectivity index (χ1v) is 6.98. The fraction of sp³-hybridized carbons (Fsp3) is 0.333. The van der Waals surface area contributed by atoms with Crippen LogP contribution in [0.1, 0.15) is 5.56 Å². The lowest BCUT2D eigenvalue weighted by atomic mass is 9.91. The Kier molecular flexibility index (Phi) is 4.35. The number of aromatic nitrogens is 4. The fourth-order valence-corrected chi connectivity index (χ4v) is 2.99. The monoisotopic (exact) mass is 292 g/mol. The van der Waals surface area contributed by atoms with Crippen LogP contribution in [0, 0.1) is 0 Å². The number of nitrogens with zero attached hydrogens (tertiary/aromatic N) is 4. The minimum Gasteiger partial charge on any atom is -0.368 e. The van der Waals surface area contributed by atoms with Crippen molar-refractivity contribution in [3.05, 3.63) is 35.9 Å². The van der Waals surface area contributed by atoms with Gasteiger partial charge in [-0.2, -0.15) is 0 Å². The van der Waals surface area contributed by atoms with Gasteiger partial charge >= 0.3 is 0 Å². The number of amides is 1. The lowest BCUT2D eigenvalue weighted by molar-refractivity contribution is -0.123. The van der Waals surface area contributed by atoms with Gasteiger partial charge in [0.2, 0.25) is 11.1 Å². The summed E-state index contributed by atoms with van der Waals surface area (Å²) in [7, 11) is 3.46. The number of carbonyl (C=O) groups is 1. The fourth-order valence-electron chi connectivity index (χ4n) is 1.88. The van der Waals surface area contributed by atoms with E-state index in [1.807, 2.05) is 30.3 Å². The zero-order chi connectivity index (χ0) is 14.6. The Hall–Kier alpha value is -1.93. The van der Waals surface area contributed by atoms with Crippen LogP contribution in [0.2, 0.25) is 0 Å². The normalized spacial score (nSPS) is 13.9. The van der Waals surface area contributed by atoms with Gasteiger partial charge in [0.1, 0.15) is 5.54 Å². The Bertz CT molecular complexity index is 587. The molecule has 7 nitrogen and oxygen atoms in total. The summed E-state index contributed by atoms with van der Waals surface area (Å²) in [6.45, 7) is 0. The number of likely N-dealkylation sites (N-methyl/N-ethyl adjacent to an activating group) is 1. The summed E-state index contributed by atoms with van der Waals surface area (Å²) in [5.41, 5.74) is 5.48. The Morgan fingerprint density at radius 3 is 2.65 bits per heavy atom. The molecule has 1 aromatic heterocycles. The van der Waals surface area contributed by atoms with E-state index in [1.165, 1.54) is 11.8 Å². The maximum atomic E-state index is 12.0. The van der Waals surface area contributed by atoms with Crippen LogP contribution < -0.4 is 11.1 Å². The zero-order valence-corrected chi connectivity index (χ0v) is 12.1. The Labute approximate surface area is 120 Å². The molecule has 3 N–H and O–H groups in total. The van der Waals surface area contributed by atoms with E-state index in [4.69, 9.17) is 5.73 Å². The summed E-state index contributed by atoms with van der Waals surface area (Å²) in [6, 6.07) is 9.38. The molecule has 0 saturated heterocycles. The highest BCUT2D eigenvalue weighted by molar-refractivity contribution is 7.99. The lowest BCUT2D eigenvalue weighted by Gasteiger charge is -2.30. The zero-order valence-electron chi connectivity index (χ0n) is 11.3. The van der Waals surface area contributed by atoms with Crippen molar-refractivity contribution in [1.82, 2.24) is 25.5 Å². The first-order valence-electron chi connectivity index (χ1n) is 5.99. The van der Waals surface area contributed by atoms with Crippen molar-refractivity contribution in [1.29, 1.82) is 0 Å². The number of nitrogens with two attached hydrogens (primary N) is 1. The van der Waals surface area contributed by atoms with Crippen LogP contribution in [0.5, 0.6) is 0 Å². The van der Waals surface area contributed by atoms with Gasteiger partial charge in [0.15, 0.2) is 0 Å². The van der Waals surface area contributed by atoms with E-state index in [9.17, 15) is 4.79 Å². The topological polar surface area (TPSA) is 98.7 Å². The standard InChI is InChI=1S/C12H16N6OS/c1-14-12(10(13)19,9-6-4-3-5-7-9)8-20-11-15-16-17-18(11)2/h3-7,14H,8H2,1-2H3,(H2,13,19). The molecular formula is C12H16N6OS. The highest BCUT2D eigenvalue weighted by Crippen LogP contribution is 2.28. The molecule has 0 aliphatic rings. The van der Waals surface area contributed by atoms with Crippen LogP contribution in [0.25, 0.3) is 0 Å². The largest absolute Gasteiger partial charge is 0.368 e. The van der Waals surface area contributed by atoms with Gasteiger partial charge in [0.25, 0.3) is 0 Å². The smallest absolute Gasteiger partial charge is 0.243 e. The quantitative estimate of drug-likeness (QED) is 0.722. The molecule has 1 heterocycles. The van der Waals surface area contributed by atoms with Gasteiger partial charge in [0.05, 0.1) is 0 Å². The molecule has 1 aromatic carbocycles. The average molecular weight is 292 g/mol. The van der Waals surface area contributed by atoms with Gasteiger partial charge in [-0.3, -0.25) is 4.79 Å². The summed E-state index contributed by atoms with van der Waals surface area (Å²) >= 11 is 1.37. The minimum atomic E-state index is -0.960. The molecule has 1 amide bonds. The molecular weight excluding hydrogens is 276 g/mol. The Balaban J connectivity index is 2.29.